The zero-order chi connectivity index (χ0) is 54.1. The molecule has 6 aromatic carbocycles. The van der Waals surface area contributed by atoms with Crippen LogP contribution in [0.4, 0.5) is 0 Å². The van der Waals surface area contributed by atoms with Gasteiger partial charge in [0.1, 0.15) is 17.6 Å². The van der Waals surface area contributed by atoms with Crippen molar-refractivity contribution in [3.05, 3.63) is 154 Å². The molecule has 2 aliphatic carbocycles. The van der Waals surface area contributed by atoms with Gasteiger partial charge in [-0.05, 0) is 136 Å². The second-order valence-corrected chi connectivity index (χ2v) is 28.2. The summed E-state index contributed by atoms with van der Waals surface area (Å²) in [4.78, 5) is 1.61. The predicted molar refractivity (Wildman–Crippen MR) is 325 cm³/mol. The second-order valence-electron chi connectivity index (χ2n) is 26.5. The van der Waals surface area contributed by atoms with Gasteiger partial charge in [0, 0.05) is 54.8 Å². The summed E-state index contributed by atoms with van der Waals surface area (Å²) in [6, 6.07) is 43.7. The highest BCUT2D eigenvalue weighted by atomic mass is 32.1. The maximum absolute atomic E-state index is 12.4. The van der Waals surface area contributed by atoms with Gasteiger partial charge in [-0.2, -0.15) is 0 Å². The molecule has 4 aromatic heterocycles. The number of hydrogen-bond acceptors (Lipinski definition) is 6. The van der Waals surface area contributed by atoms with Crippen LogP contribution < -0.4 is 9.47 Å². The molecule has 2 fully saturated rings. The van der Waals surface area contributed by atoms with Crippen molar-refractivity contribution in [1.29, 1.82) is 0 Å². The van der Waals surface area contributed by atoms with Crippen molar-refractivity contribution in [2.45, 2.75) is 143 Å². The fourth-order valence-electron chi connectivity index (χ4n) is 12.4. The lowest BCUT2D eigenvalue weighted by molar-refractivity contribution is 0.0964. The number of aromatic nitrogens is 2. The van der Waals surface area contributed by atoms with Gasteiger partial charge in [-0.25, -0.2) is 0 Å². The van der Waals surface area contributed by atoms with E-state index in [4.69, 9.17) is 9.47 Å². The number of fused-ring (bicyclic) bond motifs is 6. The standard InChI is InChI=1S/C69H74N2O4S2/c1-65(2,3)41-24-28-52-48(33-41)49-34-42(66(4,5)6)25-29-53(49)70(52)56-39-76-63(61(56)72)46-20-13-15-22-58(46)74-38-45-19-17-18-32-69(45)37-60(69)75-59-23-16-14-21-47(59)64-62(73)57(40-77-64)71-54-30-26-43(67(7,8)9)35-50(54)51-36-44(68(10,11)12)27-31-55(51)71/h13-16,20-31,33-36,39-40,45,60,72-73H,17-19,32,37-38H2,1-12H3/t45-,60?,69?/m0/s1. The highest BCUT2D eigenvalue weighted by molar-refractivity contribution is 7.14. The van der Waals surface area contributed by atoms with Crippen molar-refractivity contribution in [3.8, 4) is 55.3 Å². The minimum absolute atomic E-state index is 0.00175. The summed E-state index contributed by atoms with van der Waals surface area (Å²) >= 11 is 3.13. The van der Waals surface area contributed by atoms with Gasteiger partial charge in [-0.15, -0.1) is 22.7 Å². The molecule has 2 aliphatic rings. The molecule has 0 saturated heterocycles. The van der Waals surface area contributed by atoms with Crippen molar-refractivity contribution in [1.82, 2.24) is 9.13 Å². The Kier molecular flexibility index (Phi) is 12.2. The van der Waals surface area contributed by atoms with E-state index in [9.17, 15) is 10.2 Å². The minimum Gasteiger partial charge on any atom is -0.504 e. The van der Waals surface area contributed by atoms with Crippen LogP contribution >= 0.6 is 22.7 Å². The van der Waals surface area contributed by atoms with Crippen molar-refractivity contribution in [2.24, 2.45) is 11.3 Å². The van der Waals surface area contributed by atoms with Gasteiger partial charge in [-0.1, -0.05) is 144 Å². The van der Waals surface area contributed by atoms with E-state index in [1.807, 2.05) is 24.3 Å². The Morgan fingerprint density at radius 2 is 0.896 bits per heavy atom. The van der Waals surface area contributed by atoms with E-state index >= 15 is 0 Å². The zero-order valence-electron chi connectivity index (χ0n) is 47.0. The Hall–Kier alpha value is -6.48. The second kappa shape index (κ2) is 18.3. The first-order chi connectivity index (χ1) is 36.5. The van der Waals surface area contributed by atoms with E-state index in [2.05, 4.69) is 200 Å². The lowest BCUT2D eigenvalue weighted by Crippen LogP contribution is -2.31. The van der Waals surface area contributed by atoms with E-state index in [0.29, 0.717) is 12.5 Å². The van der Waals surface area contributed by atoms with Gasteiger partial charge < -0.3 is 28.8 Å². The summed E-state index contributed by atoms with van der Waals surface area (Å²) < 4.78 is 18.6. The third kappa shape index (κ3) is 8.82. The molecule has 2 N–H and O–H groups in total. The Bertz CT molecular complexity index is 3790. The number of benzene rings is 6. The largest absolute Gasteiger partial charge is 0.504 e. The van der Waals surface area contributed by atoms with Crippen LogP contribution in [-0.2, 0) is 21.7 Å². The normalized spacial score (nSPS) is 18.3. The van der Waals surface area contributed by atoms with Crippen LogP contribution in [0.2, 0.25) is 0 Å². The highest BCUT2D eigenvalue weighted by Crippen LogP contribution is 2.62. The van der Waals surface area contributed by atoms with Crippen LogP contribution in [0.5, 0.6) is 23.0 Å². The molecular formula is C69H74N2O4S2. The number of nitrogens with zero attached hydrogens (tertiary/aromatic N) is 2. The molecule has 0 amide bonds. The molecular weight excluding hydrogens is 985 g/mol. The van der Waals surface area contributed by atoms with Crippen molar-refractivity contribution in [2.75, 3.05) is 6.61 Å². The molecule has 0 radical (unpaired) electrons. The number of aromatic hydroxyl groups is 2. The van der Waals surface area contributed by atoms with Gasteiger partial charge in [0.05, 0.1) is 49.8 Å². The number of ether oxygens (including phenoxy) is 2. The quantitative estimate of drug-likeness (QED) is 0.151. The van der Waals surface area contributed by atoms with E-state index < -0.39 is 0 Å². The van der Waals surface area contributed by atoms with Crippen LogP contribution in [0.1, 0.15) is 137 Å². The van der Waals surface area contributed by atoms with Crippen molar-refractivity contribution >= 4 is 66.3 Å². The fraction of sp³-hybridized carbons (Fsp3) is 0.362. The molecule has 0 aliphatic heterocycles. The molecule has 12 rings (SSSR count). The maximum atomic E-state index is 12.4. The highest BCUT2D eigenvalue weighted by Gasteiger charge is 2.61. The number of rotatable bonds is 9. The smallest absolute Gasteiger partial charge is 0.158 e. The van der Waals surface area contributed by atoms with Crippen LogP contribution in [0, 0.1) is 11.3 Å². The first kappa shape index (κ1) is 51.3. The van der Waals surface area contributed by atoms with Gasteiger partial charge in [0.15, 0.2) is 11.5 Å². The number of hydrogen-bond donors (Lipinski definition) is 2. The van der Waals surface area contributed by atoms with E-state index in [0.717, 1.165) is 91.5 Å². The van der Waals surface area contributed by atoms with Crippen LogP contribution in [0.3, 0.4) is 0 Å². The molecule has 10 aromatic rings. The lowest BCUT2D eigenvalue weighted by atomic mass is 9.76. The van der Waals surface area contributed by atoms with Gasteiger partial charge in [0.25, 0.3) is 0 Å². The molecule has 2 unspecified atom stereocenters. The minimum atomic E-state index is -0.00609. The monoisotopic (exact) mass is 1060 g/mol. The number of para-hydroxylation sites is 2. The van der Waals surface area contributed by atoms with Gasteiger partial charge in [-0.3, -0.25) is 0 Å². The zero-order valence-corrected chi connectivity index (χ0v) is 48.7. The molecule has 4 heterocycles. The van der Waals surface area contributed by atoms with E-state index in [1.165, 1.54) is 50.2 Å². The molecule has 8 heteroatoms. The first-order valence-electron chi connectivity index (χ1n) is 27.8. The summed E-state index contributed by atoms with van der Waals surface area (Å²) in [5, 5.41) is 33.8. The summed E-state index contributed by atoms with van der Waals surface area (Å²) in [6.45, 7) is 27.7. The average Bonchev–Trinajstić information content (AvgIpc) is 3.92. The first-order valence-corrected chi connectivity index (χ1v) is 29.6. The molecule has 396 valence electrons. The lowest BCUT2D eigenvalue weighted by Gasteiger charge is -2.32. The average molecular weight is 1060 g/mol. The number of thiophene rings is 2. The maximum Gasteiger partial charge on any atom is 0.158 e. The van der Waals surface area contributed by atoms with Gasteiger partial charge in [0.2, 0.25) is 0 Å². The Labute approximate surface area is 462 Å². The van der Waals surface area contributed by atoms with Gasteiger partial charge >= 0.3 is 0 Å². The summed E-state index contributed by atoms with van der Waals surface area (Å²) in [7, 11) is 0. The van der Waals surface area contributed by atoms with E-state index in [-0.39, 0.29) is 44.7 Å². The third-order valence-electron chi connectivity index (χ3n) is 17.2. The summed E-state index contributed by atoms with van der Waals surface area (Å²) in [5.41, 5.74) is 12.8. The Morgan fingerprint density at radius 1 is 0.506 bits per heavy atom. The SMILES string of the molecule is CC(C)(C)c1ccc2c(c1)c1cc(C(C)(C)C)ccc1n2-c1csc(-c2ccccc2OC[C@@H]2CCCCC23CC3Oc2ccccc2-c2scc(-n3c4ccc(C(C)(C)C)cc4c4cc(C(C)(C)C)ccc43)c2O)c1O. The van der Waals surface area contributed by atoms with Crippen LogP contribution in [0.25, 0.3) is 75.9 Å². The molecule has 3 atom stereocenters. The third-order valence-corrected chi connectivity index (χ3v) is 19.2. The molecule has 77 heavy (non-hydrogen) atoms. The Balaban J connectivity index is 0.819. The molecule has 0 bridgehead atoms. The summed E-state index contributed by atoms with van der Waals surface area (Å²) in [6.07, 6.45) is 5.49. The van der Waals surface area contributed by atoms with Crippen LogP contribution in [0.15, 0.2) is 132 Å². The fourth-order valence-corrected chi connectivity index (χ4v) is 14.3. The van der Waals surface area contributed by atoms with Crippen molar-refractivity contribution in [3.63, 3.8) is 0 Å². The summed E-state index contributed by atoms with van der Waals surface area (Å²) in [5.74, 6) is 2.41. The van der Waals surface area contributed by atoms with Crippen molar-refractivity contribution < 1.29 is 19.7 Å². The van der Waals surface area contributed by atoms with E-state index in [1.54, 1.807) is 22.7 Å². The molecule has 1 spiro atoms. The molecule has 6 nitrogen and oxygen atoms in total. The predicted octanol–water partition coefficient (Wildman–Crippen LogP) is 19.3. The van der Waals surface area contributed by atoms with Crippen LogP contribution in [-0.4, -0.2) is 32.1 Å². The topological polar surface area (TPSA) is 68.8 Å². The molecule has 2 saturated carbocycles. The Morgan fingerprint density at radius 3 is 1.31 bits per heavy atom.